The van der Waals surface area contributed by atoms with Crippen LogP contribution in [0.3, 0.4) is 0 Å². The number of hydrogen-bond acceptors (Lipinski definition) is 5. The maximum absolute atomic E-state index is 11.2. The largest absolute Gasteiger partial charge is 0.369 e. The first-order valence-electron chi connectivity index (χ1n) is 3.43. The lowest BCUT2D eigenvalue weighted by atomic mass is 10.2. The summed E-state index contributed by atoms with van der Waals surface area (Å²) in [4.78, 5) is 17.5. The van der Waals surface area contributed by atoms with Gasteiger partial charge in [0.25, 0.3) is 5.56 Å². The highest BCUT2D eigenvalue weighted by atomic mass is 16.1. The Balaban J connectivity index is 2.65. The van der Waals surface area contributed by atoms with Gasteiger partial charge in [0, 0.05) is 12.6 Å². The minimum atomic E-state index is -0.212. The van der Waals surface area contributed by atoms with Crippen molar-refractivity contribution in [3.63, 3.8) is 0 Å². The summed E-state index contributed by atoms with van der Waals surface area (Å²) in [6, 6.07) is 0. The second-order valence-electron chi connectivity index (χ2n) is 2.41. The molecule has 0 atom stereocenters. The first kappa shape index (κ1) is 6.84. The zero-order valence-electron chi connectivity index (χ0n) is 6.16. The van der Waals surface area contributed by atoms with Gasteiger partial charge in [0.05, 0.1) is 5.56 Å². The molecule has 1 aromatic rings. The predicted octanol–water partition coefficient (Wildman–Crippen LogP) is -0.694. The fourth-order valence-corrected chi connectivity index (χ4v) is 1.04. The van der Waals surface area contributed by atoms with Gasteiger partial charge in [-0.05, 0) is 0 Å². The molecule has 6 nitrogen and oxygen atoms in total. The molecule has 2 heterocycles. The monoisotopic (exact) mass is 165 g/mol. The van der Waals surface area contributed by atoms with Crippen LogP contribution in [0.2, 0.25) is 0 Å². The lowest BCUT2D eigenvalue weighted by Crippen LogP contribution is -2.21. The molecule has 0 aromatic carbocycles. The molecule has 1 aliphatic rings. The average molecular weight is 165 g/mol. The number of nitrogens with zero attached hydrogens (tertiary/aromatic N) is 2. The van der Waals surface area contributed by atoms with Crippen LogP contribution in [0.4, 0.5) is 11.8 Å². The summed E-state index contributed by atoms with van der Waals surface area (Å²) in [6.07, 6.45) is 2.10. The Kier molecular flexibility index (Phi) is 1.33. The molecule has 0 fully saturated rings. The van der Waals surface area contributed by atoms with Crippen molar-refractivity contribution in [2.24, 2.45) is 5.10 Å². The minimum Gasteiger partial charge on any atom is -0.369 e. The molecule has 2 rings (SSSR count). The molecule has 0 bridgehead atoms. The Morgan fingerprint density at radius 2 is 2.42 bits per heavy atom. The minimum absolute atomic E-state index is 0.100. The third-order valence-corrected chi connectivity index (χ3v) is 1.59. The smallest absolute Gasteiger partial charge is 0.258 e. The van der Waals surface area contributed by atoms with Crippen LogP contribution < -0.4 is 16.7 Å². The first-order chi connectivity index (χ1) is 5.77. The summed E-state index contributed by atoms with van der Waals surface area (Å²) in [5.74, 6) is 0.544. The maximum Gasteiger partial charge on any atom is 0.258 e. The Morgan fingerprint density at radius 3 is 3.25 bits per heavy atom. The summed E-state index contributed by atoms with van der Waals surface area (Å²) in [6.45, 7) is 0. The second-order valence-corrected chi connectivity index (χ2v) is 2.41. The van der Waals surface area contributed by atoms with Crippen molar-refractivity contribution < 1.29 is 0 Å². The van der Waals surface area contributed by atoms with Crippen molar-refractivity contribution in [2.45, 2.75) is 6.42 Å². The molecular weight excluding hydrogens is 158 g/mol. The number of aromatic nitrogens is 2. The summed E-state index contributed by atoms with van der Waals surface area (Å²) >= 11 is 0. The van der Waals surface area contributed by atoms with Crippen molar-refractivity contribution in [1.82, 2.24) is 9.97 Å². The number of fused-ring (bicyclic) bond motifs is 1. The van der Waals surface area contributed by atoms with Crippen LogP contribution in [0, 0.1) is 0 Å². The molecule has 6 heteroatoms. The molecule has 0 unspecified atom stereocenters. The van der Waals surface area contributed by atoms with Crippen molar-refractivity contribution in [3.8, 4) is 0 Å². The summed E-state index contributed by atoms with van der Waals surface area (Å²) in [5, 5.41) is 3.75. The summed E-state index contributed by atoms with van der Waals surface area (Å²) in [7, 11) is 0. The van der Waals surface area contributed by atoms with Crippen LogP contribution in [0.25, 0.3) is 0 Å². The molecule has 12 heavy (non-hydrogen) atoms. The van der Waals surface area contributed by atoms with Gasteiger partial charge in [-0.1, -0.05) is 0 Å². The standard InChI is InChI=1S/C6H7N5O/c7-6-9-4-3(5(12)10-6)1-2-8-11-4/h2H,1H2,(H4,7,9,10,11,12). The molecule has 0 aliphatic carbocycles. The molecular formula is C6H7N5O. The number of nitrogens with one attached hydrogen (secondary N) is 2. The highest BCUT2D eigenvalue weighted by molar-refractivity contribution is 5.69. The van der Waals surface area contributed by atoms with Gasteiger partial charge < -0.3 is 5.73 Å². The topological polar surface area (TPSA) is 96.2 Å². The highest BCUT2D eigenvalue weighted by Gasteiger charge is 2.11. The van der Waals surface area contributed by atoms with Gasteiger partial charge in [0.2, 0.25) is 5.95 Å². The molecule has 0 saturated heterocycles. The molecule has 0 saturated carbocycles. The zero-order chi connectivity index (χ0) is 8.55. The van der Waals surface area contributed by atoms with Gasteiger partial charge in [-0.3, -0.25) is 15.2 Å². The molecule has 1 aromatic heterocycles. The number of nitrogens with two attached hydrogens (primary N) is 1. The van der Waals surface area contributed by atoms with E-state index < -0.39 is 0 Å². The fraction of sp³-hybridized carbons (Fsp3) is 0.167. The van der Waals surface area contributed by atoms with Gasteiger partial charge in [0.1, 0.15) is 0 Å². The van der Waals surface area contributed by atoms with E-state index in [1.54, 1.807) is 6.21 Å². The third-order valence-electron chi connectivity index (χ3n) is 1.59. The van der Waals surface area contributed by atoms with Crippen LogP contribution in [0.1, 0.15) is 5.56 Å². The number of hydrazone groups is 1. The normalized spacial score (nSPS) is 13.7. The van der Waals surface area contributed by atoms with Gasteiger partial charge in [0.15, 0.2) is 5.82 Å². The predicted molar refractivity (Wildman–Crippen MR) is 45.1 cm³/mol. The van der Waals surface area contributed by atoms with E-state index in [0.29, 0.717) is 17.8 Å². The molecule has 0 radical (unpaired) electrons. The fourth-order valence-electron chi connectivity index (χ4n) is 1.04. The van der Waals surface area contributed by atoms with E-state index in [9.17, 15) is 4.79 Å². The number of aromatic amines is 1. The van der Waals surface area contributed by atoms with E-state index >= 15 is 0 Å². The van der Waals surface area contributed by atoms with Crippen molar-refractivity contribution in [3.05, 3.63) is 15.9 Å². The van der Waals surface area contributed by atoms with Crippen LogP contribution in [-0.4, -0.2) is 16.2 Å². The van der Waals surface area contributed by atoms with Gasteiger partial charge >= 0.3 is 0 Å². The lowest BCUT2D eigenvalue weighted by molar-refractivity contribution is 1.04. The second kappa shape index (κ2) is 2.33. The molecule has 4 N–H and O–H groups in total. The van der Waals surface area contributed by atoms with Crippen LogP contribution in [0.5, 0.6) is 0 Å². The van der Waals surface area contributed by atoms with Gasteiger partial charge in [-0.25, -0.2) is 0 Å². The number of anilines is 2. The average Bonchev–Trinajstić information content (AvgIpc) is 2.04. The Morgan fingerprint density at radius 1 is 1.58 bits per heavy atom. The van der Waals surface area contributed by atoms with E-state index in [2.05, 4.69) is 20.5 Å². The van der Waals surface area contributed by atoms with E-state index in [-0.39, 0.29) is 11.5 Å². The van der Waals surface area contributed by atoms with Gasteiger partial charge in [-0.15, -0.1) is 0 Å². The zero-order valence-corrected chi connectivity index (χ0v) is 6.16. The van der Waals surface area contributed by atoms with Crippen molar-refractivity contribution >= 4 is 18.0 Å². The maximum atomic E-state index is 11.2. The quantitative estimate of drug-likeness (QED) is 0.474. The molecule has 0 spiro atoms. The molecule has 62 valence electrons. The number of rotatable bonds is 0. The molecule has 0 amide bonds. The summed E-state index contributed by atoms with van der Waals surface area (Å²) in [5.41, 5.74) is 8.28. The van der Waals surface area contributed by atoms with Crippen LogP contribution in [-0.2, 0) is 6.42 Å². The Bertz CT molecular complexity index is 393. The van der Waals surface area contributed by atoms with E-state index in [1.807, 2.05) is 0 Å². The Labute approximate surface area is 67.5 Å². The van der Waals surface area contributed by atoms with Crippen LogP contribution in [0.15, 0.2) is 9.90 Å². The van der Waals surface area contributed by atoms with Crippen molar-refractivity contribution in [2.75, 3.05) is 11.2 Å². The highest BCUT2D eigenvalue weighted by Crippen LogP contribution is 2.11. The van der Waals surface area contributed by atoms with Gasteiger partial charge in [-0.2, -0.15) is 10.1 Å². The summed E-state index contributed by atoms with van der Waals surface area (Å²) < 4.78 is 0. The van der Waals surface area contributed by atoms with Crippen molar-refractivity contribution in [1.29, 1.82) is 0 Å². The van der Waals surface area contributed by atoms with Crippen LogP contribution >= 0.6 is 0 Å². The number of H-pyrrole nitrogens is 1. The van der Waals surface area contributed by atoms with E-state index in [1.165, 1.54) is 0 Å². The third kappa shape index (κ3) is 0.931. The number of nitrogen functional groups attached to an aromatic ring is 1. The molecule has 1 aliphatic heterocycles. The number of hydrogen-bond donors (Lipinski definition) is 3. The van der Waals surface area contributed by atoms with E-state index in [0.717, 1.165) is 0 Å². The first-order valence-corrected chi connectivity index (χ1v) is 3.43. The van der Waals surface area contributed by atoms with E-state index in [4.69, 9.17) is 5.73 Å². The lowest BCUT2D eigenvalue weighted by Gasteiger charge is -2.09. The SMILES string of the molecule is Nc1nc2c(c(=O)[nH]1)CC=NN2. The Hall–Kier alpha value is -1.85.